The van der Waals surface area contributed by atoms with E-state index in [4.69, 9.17) is 9.88 Å². The van der Waals surface area contributed by atoms with Gasteiger partial charge in [-0.05, 0) is 24.1 Å². The molecule has 2 N–H and O–H groups in total. The zero-order chi connectivity index (χ0) is 10.8. The molecule has 0 aliphatic heterocycles. The number of ether oxygens (including phenoxy) is 1. The minimum absolute atomic E-state index is 0.141. The molecule has 0 aliphatic carbocycles. The lowest BCUT2D eigenvalue weighted by Gasteiger charge is -2.06. The highest BCUT2D eigenvalue weighted by Crippen LogP contribution is 2.19. The minimum Gasteiger partial charge on any atom is -0.496 e. The van der Waals surface area contributed by atoms with Crippen molar-refractivity contribution in [2.45, 2.75) is 12.7 Å². The Morgan fingerprint density at radius 1 is 1.43 bits per heavy atom. The molecule has 0 spiro atoms. The summed E-state index contributed by atoms with van der Waals surface area (Å²) in [7, 11) is -1.88. The van der Waals surface area contributed by atoms with Crippen molar-refractivity contribution in [3.8, 4) is 5.75 Å². The molecule has 4 nitrogen and oxygen atoms in total. The van der Waals surface area contributed by atoms with E-state index < -0.39 is 10.0 Å². The van der Waals surface area contributed by atoms with E-state index in [9.17, 15) is 8.42 Å². The normalized spacial score (nSPS) is 11.4. The highest BCUT2D eigenvalue weighted by atomic mass is 32.2. The summed E-state index contributed by atoms with van der Waals surface area (Å²) in [5.74, 6) is 0.598. The molecule has 0 aliphatic rings. The molecule has 0 amide bonds. The molecule has 5 heteroatoms. The maximum atomic E-state index is 10.8. The molecule has 14 heavy (non-hydrogen) atoms. The van der Waals surface area contributed by atoms with Crippen LogP contribution in [0.15, 0.2) is 18.2 Å². The maximum absolute atomic E-state index is 10.8. The number of sulfonamides is 1. The van der Waals surface area contributed by atoms with Gasteiger partial charge in [0.05, 0.1) is 12.9 Å². The average molecular weight is 215 g/mol. The summed E-state index contributed by atoms with van der Waals surface area (Å²) in [5.41, 5.74) is 1.57. The van der Waals surface area contributed by atoms with Gasteiger partial charge < -0.3 is 4.74 Å². The van der Waals surface area contributed by atoms with Gasteiger partial charge in [0.2, 0.25) is 10.0 Å². The third-order valence-corrected chi connectivity index (χ3v) is 2.56. The number of nitrogens with two attached hydrogens (primary N) is 1. The second kappa shape index (κ2) is 3.98. The van der Waals surface area contributed by atoms with E-state index in [1.54, 1.807) is 25.3 Å². The monoisotopic (exact) mass is 215 g/mol. The fraction of sp³-hybridized carbons (Fsp3) is 0.333. The molecule has 0 atom stereocenters. The van der Waals surface area contributed by atoms with Gasteiger partial charge in [-0.25, -0.2) is 13.6 Å². The van der Waals surface area contributed by atoms with E-state index in [0.717, 1.165) is 11.3 Å². The first-order valence-corrected chi connectivity index (χ1v) is 5.78. The topological polar surface area (TPSA) is 69.4 Å². The Morgan fingerprint density at radius 2 is 2.07 bits per heavy atom. The van der Waals surface area contributed by atoms with E-state index in [1.165, 1.54) is 0 Å². The molecule has 1 aromatic rings. The van der Waals surface area contributed by atoms with Crippen LogP contribution in [-0.2, 0) is 15.8 Å². The fourth-order valence-electron chi connectivity index (χ4n) is 1.26. The Morgan fingerprint density at radius 3 is 2.50 bits per heavy atom. The van der Waals surface area contributed by atoms with Gasteiger partial charge in [0, 0.05) is 0 Å². The number of aryl methyl sites for hydroxylation is 1. The Balaban J connectivity index is 2.98. The van der Waals surface area contributed by atoms with E-state index in [2.05, 4.69) is 0 Å². The summed E-state index contributed by atoms with van der Waals surface area (Å²) >= 11 is 0. The Bertz CT molecular complexity index is 426. The van der Waals surface area contributed by atoms with Crippen LogP contribution in [0.5, 0.6) is 5.75 Å². The van der Waals surface area contributed by atoms with E-state index in [0.29, 0.717) is 5.56 Å². The van der Waals surface area contributed by atoms with Gasteiger partial charge in [0.25, 0.3) is 0 Å². The van der Waals surface area contributed by atoms with Gasteiger partial charge in [-0.2, -0.15) is 0 Å². The van der Waals surface area contributed by atoms with Gasteiger partial charge in [-0.3, -0.25) is 0 Å². The summed E-state index contributed by atoms with van der Waals surface area (Å²) in [5, 5.41) is 4.93. The lowest BCUT2D eigenvalue weighted by molar-refractivity contribution is 0.411. The third kappa shape index (κ3) is 3.01. The molecule has 0 bridgehead atoms. The van der Waals surface area contributed by atoms with Crippen molar-refractivity contribution in [3.63, 3.8) is 0 Å². The van der Waals surface area contributed by atoms with Gasteiger partial charge in [0.1, 0.15) is 5.75 Å². The van der Waals surface area contributed by atoms with Crippen molar-refractivity contribution < 1.29 is 13.2 Å². The van der Waals surface area contributed by atoms with Gasteiger partial charge in [-0.15, -0.1) is 0 Å². The Hall–Kier alpha value is -1.07. The van der Waals surface area contributed by atoms with E-state index in [1.807, 2.05) is 6.92 Å². The quantitative estimate of drug-likeness (QED) is 0.810. The Labute approximate surface area is 83.7 Å². The number of hydrogen-bond acceptors (Lipinski definition) is 3. The van der Waals surface area contributed by atoms with Crippen LogP contribution in [0.2, 0.25) is 0 Å². The second-order valence-electron chi connectivity index (χ2n) is 3.11. The highest BCUT2D eigenvalue weighted by Gasteiger charge is 2.06. The van der Waals surface area contributed by atoms with Crippen molar-refractivity contribution in [3.05, 3.63) is 29.3 Å². The lowest BCUT2D eigenvalue weighted by atomic mass is 10.1. The van der Waals surface area contributed by atoms with Crippen LogP contribution >= 0.6 is 0 Å². The first-order valence-electron chi connectivity index (χ1n) is 4.06. The van der Waals surface area contributed by atoms with Crippen molar-refractivity contribution in [2.75, 3.05) is 7.11 Å². The largest absolute Gasteiger partial charge is 0.496 e. The van der Waals surface area contributed by atoms with Crippen LogP contribution in [0.1, 0.15) is 11.1 Å². The number of benzene rings is 1. The molecule has 1 aromatic carbocycles. The van der Waals surface area contributed by atoms with Crippen LogP contribution in [0.25, 0.3) is 0 Å². The number of hydrogen-bond donors (Lipinski definition) is 1. The molecule has 0 radical (unpaired) electrons. The SMILES string of the molecule is COc1ccc(CS(N)(=O)=O)cc1C. The summed E-state index contributed by atoms with van der Waals surface area (Å²) in [4.78, 5) is 0. The highest BCUT2D eigenvalue weighted by molar-refractivity contribution is 7.88. The van der Waals surface area contributed by atoms with Crippen molar-refractivity contribution in [1.82, 2.24) is 0 Å². The molecule has 0 fully saturated rings. The van der Waals surface area contributed by atoms with Crippen molar-refractivity contribution in [2.24, 2.45) is 5.14 Å². The minimum atomic E-state index is -3.45. The van der Waals surface area contributed by atoms with Crippen LogP contribution in [0.3, 0.4) is 0 Å². The van der Waals surface area contributed by atoms with Crippen LogP contribution in [0, 0.1) is 6.92 Å². The first kappa shape index (κ1) is 11.0. The van der Waals surface area contributed by atoms with Crippen LogP contribution in [-0.4, -0.2) is 15.5 Å². The van der Waals surface area contributed by atoms with Crippen molar-refractivity contribution >= 4 is 10.0 Å². The average Bonchev–Trinajstić information content (AvgIpc) is 2.01. The summed E-state index contributed by atoms with van der Waals surface area (Å²) in [6, 6.07) is 5.18. The molecular formula is C9H13NO3S. The standard InChI is InChI=1S/C9H13NO3S/c1-7-5-8(6-14(10,11)12)3-4-9(7)13-2/h3-5H,6H2,1-2H3,(H2,10,11,12). The first-order chi connectivity index (χ1) is 6.42. The zero-order valence-corrected chi connectivity index (χ0v) is 8.97. The zero-order valence-electron chi connectivity index (χ0n) is 8.15. The predicted molar refractivity (Wildman–Crippen MR) is 54.5 cm³/mol. The fourth-order valence-corrected chi connectivity index (χ4v) is 1.91. The van der Waals surface area contributed by atoms with Gasteiger partial charge in [0.15, 0.2) is 0 Å². The number of methoxy groups -OCH3 is 1. The molecule has 0 heterocycles. The van der Waals surface area contributed by atoms with Gasteiger partial charge in [-0.1, -0.05) is 12.1 Å². The summed E-state index contributed by atoms with van der Waals surface area (Å²) in [6.45, 7) is 1.85. The summed E-state index contributed by atoms with van der Waals surface area (Å²) < 4.78 is 26.7. The smallest absolute Gasteiger partial charge is 0.213 e. The third-order valence-electron chi connectivity index (χ3n) is 1.83. The second-order valence-corrected chi connectivity index (χ2v) is 4.73. The predicted octanol–water partition coefficient (Wildman–Crippen LogP) is 0.792. The van der Waals surface area contributed by atoms with Crippen LogP contribution in [0.4, 0.5) is 0 Å². The molecule has 0 saturated carbocycles. The van der Waals surface area contributed by atoms with Gasteiger partial charge >= 0.3 is 0 Å². The lowest BCUT2D eigenvalue weighted by Crippen LogP contribution is -2.14. The molecule has 0 unspecified atom stereocenters. The van der Waals surface area contributed by atoms with Crippen LogP contribution < -0.4 is 9.88 Å². The number of rotatable bonds is 3. The molecule has 78 valence electrons. The Kier molecular flexibility index (Phi) is 3.13. The summed E-state index contributed by atoms with van der Waals surface area (Å²) in [6.07, 6.45) is 0. The maximum Gasteiger partial charge on any atom is 0.213 e. The van der Waals surface area contributed by atoms with E-state index >= 15 is 0 Å². The van der Waals surface area contributed by atoms with E-state index in [-0.39, 0.29) is 5.75 Å². The van der Waals surface area contributed by atoms with Crippen molar-refractivity contribution in [1.29, 1.82) is 0 Å². The molecule has 1 rings (SSSR count). The molecular weight excluding hydrogens is 202 g/mol. The molecule has 0 aromatic heterocycles. The molecule has 0 saturated heterocycles. The number of primary sulfonamides is 1.